The van der Waals surface area contributed by atoms with Crippen LogP contribution in [0.2, 0.25) is 0 Å². The summed E-state index contributed by atoms with van der Waals surface area (Å²) in [6.07, 6.45) is 7.59. The van der Waals surface area contributed by atoms with Crippen LogP contribution in [0, 0.1) is 5.41 Å². The fraction of sp³-hybridized carbons (Fsp3) is 0.643. The molecule has 1 aliphatic carbocycles. The molecule has 16 heavy (non-hydrogen) atoms. The third kappa shape index (κ3) is 2.55. The molecule has 0 radical (unpaired) electrons. The van der Waals surface area contributed by atoms with Gasteiger partial charge in [-0.1, -0.05) is 24.6 Å². The van der Waals surface area contributed by atoms with E-state index in [2.05, 4.69) is 13.2 Å². The van der Waals surface area contributed by atoms with Crippen molar-refractivity contribution in [2.45, 2.75) is 45.4 Å². The quantitative estimate of drug-likeness (QED) is 0.524. The Labute approximate surface area is 98.4 Å². The van der Waals surface area contributed by atoms with Crippen LogP contribution in [0.4, 0.5) is 0 Å². The predicted molar refractivity (Wildman–Crippen MR) is 66.1 cm³/mol. The van der Waals surface area contributed by atoms with Crippen molar-refractivity contribution in [2.75, 3.05) is 6.61 Å². The van der Waals surface area contributed by atoms with Crippen molar-refractivity contribution < 1.29 is 9.53 Å². The van der Waals surface area contributed by atoms with Gasteiger partial charge in [-0.15, -0.1) is 6.58 Å². The molecule has 0 spiro atoms. The van der Waals surface area contributed by atoms with Crippen molar-refractivity contribution in [1.82, 2.24) is 0 Å². The van der Waals surface area contributed by atoms with Gasteiger partial charge in [0.1, 0.15) is 0 Å². The minimum Gasteiger partial charge on any atom is -0.465 e. The monoisotopic (exact) mass is 222 g/mol. The summed E-state index contributed by atoms with van der Waals surface area (Å²) in [7, 11) is 0. The van der Waals surface area contributed by atoms with E-state index in [9.17, 15) is 4.79 Å². The van der Waals surface area contributed by atoms with E-state index in [1.165, 1.54) is 0 Å². The van der Waals surface area contributed by atoms with Gasteiger partial charge < -0.3 is 4.74 Å². The summed E-state index contributed by atoms with van der Waals surface area (Å²) in [5.74, 6) is -0.0819. The van der Waals surface area contributed by atoms with Crippen LogP contribution in [0.15, 0.2) is 24.8 Å². The highest BCUT2D eigenvalue weighted by atomic mass is 16.5. The Hall–Kier alpha value is -1.05. The smallest absolute Gasteiger partial charge is 0.316 e. The van der Waals surface area contributed by atoms with E-state index in [1.54, 1.807) is 0 Å². The molecule has 1 saturated carbocycles. The standard InChI is InChI=1S/C14H22O2/c1-4-6-10-14(13(15)16-5-2)11-8-7-9-12(14)3/h4H,1,3,5-11H2,2H3. The summed E-state index contributed by atoms with van der Waals surface area (Å²) in [4.78, 5) is 12.1. The molecule has 0 aromatic rings. The van der Waals surface area contributed by atoms with Crippen molar-refractivity contribution in [3.05, 3.63) is 24.8 Å². The van der Waals surface area contributed by atoms with Crippen molar-refractivity contribution >= 4 is 5.97 Å². The van der Waals surface area contributed by atoms with Gasteiger partial charge in [0.2, 0.25) is 0 Å². The molecule has 1 aliphatic rings. The maximum atomic E-state index is 12.1. The maximum absolute atomic E-state index is 12.1. The van der Waals surface area contributed by atoms with Crippen LogP contribution in [0.3, 0.4) is 0 Å². The Balaban J connectivity index is 2.85. The lowest BCUT2D eigenvalue weighted by molar-refractivity contribution is -0.154. The van der Waals surface area contributed by atoms with Crippen LogP contribution in [0.1, 0.15) is 45.4 Å². The van der Waals surface area contributed by atoms with Crippen molar-refractivity contribution in [3.63, 3.8) is 0 Å². The number of allylic oxidation sites excluding steroid dienone is 1. The number of carbonyl (C=O) groups is 1. The van der Waals surface area contributed by atoms with E-state index in [0.717, 1.165) is 44.1 Å². The number of esters is 1. The molecule has 2 nitrogen and oxygen atoms in total. The first-order valence-electron chi connectivity index (χ1n) is 6.13. The molecule has 0 aromatic carbocycles. The van der Waals surface area contributed by atoms with Gasteiger partial charge in [0.25, 0.3) is 0 Å². The Morgan fingerprint density at radius 2 is 2.31 bits per heavy atom. The lowest BCUT2D eigenvalue weighted by Gasteiger charge is -2.36. The zero-order chi connectivity index (χ0) is 12.0. The molecular weight excluding hydrogens is 200 g/mol. The van der Waals surface area contributed by atoms with E-state index in [-0.39, 0.29) is 5.97 Å². The van der Waals surface area contributed by atoms with Gasteiger partial charge in [0, 0.05) is 0 Å². The molecule has 0 bridgehead atoms. The molecule has 0 amide bonds. The van der Waals surface area contributed by atoms with Crippen LogP contribution < -0.4 is 0 Å². The third-order valence-electron chi connectivity index (χ3n) is 3.45. The van der Waals surface area contributed by atoms with Gasteiger partial charge in [-0.2, -0.15) is 0 Å². The summed E-state index contributed by atoms with van der Waals surface area (Å²) in [5.41, 5.74) is 0.627. The topological polar surface area (TPSA) is 26.3 Å². The molecule has 0 saturated heterocycles. The van der Waals surface area contributed by atoms with E-state index < -0.39 is 5.41 Å². The van der Waals surface area contributed by atoms with Crippen LogP contribution in [0.25, 0.3) is 0 Å². The van der Waals surface area contributed by atoms with Crippen molar-refractivity contribution in [2.24, 2.45) is 5.41 Å². The minimum atomic E-state index is -0.428. The normalized spacial score (nSPS) is 25.2. The molecule has 1 rings (SSSR count). The summed E-state index contributed by atoms with van der Waals surface area (Å²) < 4.78 is 5.22. The van der Waals surface area contributed by atoms with Crippen LogP contribution >= 0.6 is 0 Å². The first kappa shape index (κ1) is 13.0. The van der Waals surface area contributed by atoms with E-state index in [0.29, 0.717) is 6.61 Å². The van der Waals surface area contributed by atoms with Crippen molar-refractivity contribution in [1.29, 1.82) is 0 Å². The summed E-state index contributed by atoms with van der Waals surface area (Å²) in [5, 5.41) is 0. The molecule has 0 heterocycles. The fourth-order valence-corrected chi connectivity index (χ4v) is 2.45. The average Bonchev–Trinajstić information content (AvgIpc) is 2.28. The molecule has 0 aromatic heterocycles. The molecular formula is C14H22O2. The molecule has 1 fully saturated rings. The Bertz CT molecular complexity index is 280. The molecule has 1 unspecified atom stereocenters. The highest BCUT2D eigenvalue weighted by Gasteiger charge is 2.42. The van der Waals surface area contributed by atoms with Gasteiger partial charge >= 0.3 is 5.97 Å². The minimum absolute atomic E-state index is 0.0819. The summed E-state index contributed by atoms with van der Waals surface area (Å²) in [6.45, 7) is 10.1. The Kier molecular flexibility index (Phi) is 4.78. The zero-order valence-corrected chi connectivity index (χ0v) is 10.3. The lowest BCUT2D eigenvalue weighted by atomic mass is 9.68. The second-order valence-corrected chi connectivity index (χ2v) is 4.44. The first-order chi connectivity index (χ1) is 7.67. The Morgan fingerprint density at radius 3 is 2.88 bits per heavy atom. The summed E-state index contributed by atoms with van der Waals surface area (Å²) in [6, 6.07) is 0. The average molecular weight is 222 g/mol. The van der Waals surface area contributed by atoms with Gasteiger partial charge in [0.15, 0.2) is 0 Å². The summed E-state index contributed by atoms with van der Waals surface area (Å²) >= 11 is 0. The third-order valence-corrected chi connectivity index (χ3v) is 3.45. The second kappa shape index (κ2) is 5.88. The van der Waals surface area contributed by atoms with Gasteiger partial charge in [0.05, 0.1) is 12.0 Å². The van der Waals surface area contributed by atoms with E-state index >= 15 is 0 Å². The van der Waals surface area contributed by atoms with Gasteiger partial charge in [-0.25, -0.2) is 0 Å². The molecule has 1 atom stereocenters. The van der Waals surface area contributed by atoms with Crippen LogP contribution in [-0.2, 0) is 9.53 Å². The maximum Gasteiger partial charge on any atom is 0.316 e. The largest absolute Gasteiger partial charge is 0.465 e. The van der Waals surface area contributed by atoms with Gasteiger partial charge in [-0.3, -0.25) is 4.79 Å². The SMILES string of the molecule is C=CCCC1(C(=O)OCC)CCCCC1=C. The van der Waals surface area contributed by atoms with E-state index in [4.69, 9.17) is 4.74 Å². The van der Waals surface area contributed by atoms with E-state index in [1.807, 2.05) is 13.0 Å². The Morgan fingerprint density at radius 1 is 1.56 bits per heavy atom. The van der Waals surface area contributed by atoms with Crippen LogP contribution in [0.5, 0.6) is 0 Å². The first-order valence-corrected chi connectivity index (χ1v) is 6.13. The highest BCUT2D eigenvalue weighted by molar-refractivity contribution is 5.80. The van der Waals surface area contributed by atoms with Crippen molar-refractivity contribution in [3.8, 4) is 0 Å². The number of carbonyl (C=O) groups excluding carboxylic acids is 1. The number of hydrogen-bond donors (Lipinski definition) is 0. The molecule has 0 aliphatic heterocycles. The zero-order valence-electron chi connectivity index (χ0n) is 10.3. The second-order valence-electron chi connectivity index (χ2n) is 4.44. The predicted octanol–water partition coefficient (Wildman–Crippen LogP) is 3.63. The number of rotatable bonds is 5. The highest BCUT2D eigenvalue weighted by Crippen LogP contribution is 2.44. The molecule has 0 N–H and O–H groups in total. The fourth-order valence-electron chi connectivity index (χ4n) is 2.45. The number of hydrogen-bond acceptors (Lipinski definition) is 2. The number of ether oxygens (including phenoxy) is 1. The lowest BCUT2D eigenvalue weighted by Crippen LogP contribution is -2.36. The molecule has 2 heteroatoms. The molecule has 90 valence electrons. The van der Waals surface area contributed by atoms with Gasteiger partial charge in [-0.05, 0) is 39.0 Å². The van der Waals surface area contributed by atoms with Crippen LogP contribution in [-0.4, -0.2) is 12.6 Å².